The number of pyridine rings is 1. The van der Waals surface area contributed by atoms with Crippen LogP contribution in [0.5, 0.6) is 11.5 Å². The molecule has 0 saturated heterocycles. The predicted octanol–water partition coefficient (Wildman–Crippen LogP) is 18.9. The van der Waals surface area contributed by atoms with Gasteiger partial charge in [-0.15, -0.1) is 47.9 Å². The number of fused-ring (bicyclic) bond motifs is 3. The average Bonchev–Trinajstić information content (AvgIpc) is 1.07. The molecule has 5 nitrogen and oxygen atoms in total. The van der Waals surface area contributed by atoms with Crippen LogP contribution in [0.15, 0.2) is 212 Å². The summed E-state index contributed by atoms with van der Waals surface area (Å²) in [6, 6.07) is 84.1. The van der Waals surface area contributed by atoms with Gasteiger partial charge in [0, 0.05) is 72.6 Å². The van der Waals surface area contributed by atoms with Crippen LogP contribution in [-0.4, -0.2) is 13.1 Å². The summed E-state index contributed by atoms with van der Waals surface area (Å²) in [5.41, 5.74) is 16.8. The van der Waals surface area contributed by atoms with Gasteiger partial charge in [0.25, 0.3) is 0 Å². The Balaban J connectivity index is 0.00000784. The molecule has 0 fully saturated rings. The number of rotatable bonds is 9. The van der Waals surface area contributed by atoms with E-state index in [0.717, 1.165) is 39.9 Å². The summed E-state index contributed by atoms with van der Waals surface area (Å²) < 4.78 is 7.09. The topological polar surface area (TPSA) is 31.8 Å². The molecule has 0 N–H and O–H groups in total. The number of hydrogen-bond acceptors (Lipinski definition) is 5. The molecular weight excluding hydrogens is 1260 g/mol. The Bertz CT molecular complexity index is 4100. The second-order valence-corrected chi connectivity index (χ2v) is 32.5. The Hall–Kier alpha value is -7.76. The predicted molar refractivity (Wildman–Crippen MR) is 366 cm³/mol. The molecule has 1 aromatic heterocycles. The zero-order chi connectivity index (χ0) is 60.7. The molecule has 0 atom stereocenters. The van der Waals surface area contributed by atoms with Crippen molar-refractivity contribution in [3.63, 3.8) is 0 Å². The van der Waals surface area contributed by atoms with Crippen molar-refractivity contribution in [2.24, 2.45) is 0 Å². The van der Waals surface area contributed by atoms with Crippen LogP contribution in [0, 0.1) is 18.8 Å². The van der Waals surface area contributed by atoms with E-state index in [1.54, 1.807) is 0 Å². The van der Waals surface area contributed by atoms with Crippen LogP contribution in [-0.2, 0) is 48.1 Å². The van der Waals surface area contributed by atoms with E-state index in [-0.39, 0.29) is 48.1 Å². The average molecular weight is 1340 g/mol. The van der Waals surface area contributed by atoms with Gasteiger partial charge >= 0.3 is 0 Å². The Labute approximate surface area is 534 Å². The standard InChI is InChI=1S/C80H81N4OSi.Pt/c1-76(2,3)56-29-26-28-54(44-56)66-48-60(80(13,14)15)49-67(55-45-58(78(7,8)9)47-59(46-55)79(10,11)12)75(66)83-53-82(68-36-22-23-37-69(68)83)61-30-27-31-62(51-61)85-63-40-41-73-71(52-63)84(74-50-57(42-43-81-74)77(4,5)6)70-38-24-25-39-72(70)86(73,64-32-18-16-19-33-64)65-34-20-17-21-35-65;/h16-50,53H,1-15H3;/q-3;. The minimum Gasteiger partial charge on any atom is -0.509 e. The maximum atomic E-state index is 7.09. The zero-order valence-corrected chi connectivity index (χ0v) is 56.6. The van der Waals surface area contributed by atoms with Crippen LogP contribution in [0.1, 0.15) is 132 Å². The van der Waals surface area contributed by atoms with Gasteiger partial charge in [-0.3, -0.25) is 0 Å². The van der Waals surface area contributed by atoms with E-state index in [2.05, 4.69) is 338 Å². The summed E-state index contributed by atoms with van der Waals surface area (Å²) in [7, 11) is -2.99. The number of benzene rings is 9. The molecule has 3 heterocycles. The second-order valence-electron chi connectivity index (χ2n) is 28.7. The maximum absolute atomic E-state index is 7.09. The van der Waals surface area contributed by atoms with Gasteiger partial charge in [0.1, 0.15) is 13.9 Å². The Kier molecular flexibility index (Phi) is 15.9. The SMILES string of the molecule is CC(C)(C)c1cccc(-c2cc(C(C)(C)C)cc(-c3cc(C(C)(C)C)cc(C(C)(C)C)c3)c2N2[CH-]N(c3[c-]c(Oc4[c-]c5c(cc4)[Si](c4ccccc4)(c4ccccc4)c4ccccc4N5c4cc(C(C)(C)C)ccn4)ccc3)c3ccccc32)c1.[Pt]. The van der Waals surface area contributed by atoms with E-state index in [9.17, 15) is 0 Å². The third kappa shape index (κ3) is 11.5. The molecule has 0 radical (unpaired) electrons. The molecule has 2 aliphatic rings. The Morgan fingerprint density at radius 1 is 0.402 bits per heavy atom. The van der Waals surface area contributed by atoms with Crippen molar-refractivity contribution in [2.75, 3.05) is 14.7 Å². The summed E-state index contributed by atoms with van der Waals surface area (Å²) in [6.45, 7) is 36.9. The number of anilines is 7. The molecule has 12 rings (SSSR count). The summed E-state index contributed by atoms with van der Waals surface area (Å²) in [4.78, 5) is 12.2. The first-order valence-electron chi connectivity index (χ1n) is 30.5. The van der Waals surface area contributed by atoms with Crippen LogP contribution < -0.4 is 40.2 Å². The molecule has 9 aromatic carbocycles. The van der Waals surface area contributed by atoms with E-state index >= 15 is 0 Å². The van der Waals surface area contributed by atoms with Gasteiger partial charge in [-0.1, -0.05) is 253 Å². The van der Waals surface area contributed by atoms with E-state index in [4.69, 9.17) is 9.72 Å². The van der Waals surface area contributed by atoms with Gasteiger partial charge < -0.3 is 19.4 Å². The summed E-state index contributed by atoms with van der Waals surface area (Å²) in [6.07, 6.45) is 1.95. The fourth-order valence-electron chi connectivity index (χ4n) is 12.5. The monoisotopic (exact) mass is 1340 g/mol. The van der Waals surface area contributed by atoms with Crippen molar-refractivity contribution in [1.29, 1.82) is 0 Å². The molecule has 10 aromatic rings. The number of ether oxygens (including phenoxy) is 1. The largest absolute Gasteiger partial charge is 0.509 e. The molecule has 0 spiro atoms. The first kappa shape index (κ1) is 60.9. The smallest absolute Gasteiger partial charge is 0.135 e. The van der Waals surface area contributed by atoms with E-state index < -0.39 is 8.07 Å². The van der Waals surface area contributed by atoms with Gasteiger partial charge in [-0.25, -0.2) is 4.98 Å². The minimum absolute atomic E-state index is 0. The van der Waals surface area contributed by atoms with Crippen molar-refractivity contribution < 1.29 is 25.8 Å². The fraction of sp³-hybridized carbons (Fsp3) is 0.250. The van der Waals surface area contributed by atoms with Crippen LogP contribution >= 0.6 is 0 Å². The zero-order valence-electron chi connectivity index (χ0n) is 53.3. The van der Waals surface area contributed by atoms with Gasteiger partial charge in [0.15, 0.2) is 0 Å². The maximum Gasteiger partial charge on any atom is 0.135 e. The van der Waals surface area contributed by atoms with Crippen LogP contribution in [0.25, 0.3) is 22.3 Å². The van der Waals surface area contributed by atoms with Gasteiger partial charge in [-0.2, -0.15) is 12.1 Å². The summed E-state index contributed by atoms with van der Waals surface area (Å²) in [5.74, 6) is 2.00. The van der Waals surface area contributed by atoms with Gasteiger partial charge in [0.05, 0.1) is 0 Å². The second kappa shape index (κ2) is 22.7. The summed E-state index contributed by atoms with van der Waals surface area (Å²) in [5, 5.41) is 5.10. The van der Waals surface area contributed by atoms with Crippen LogP contribution in [0.3, 0.4) is 0 Å². The molecule has 0 unspecified atom stereocenters. The first-order chi connectivity index (χ1) is 40.8. The van der Waals surface area contributed by atoms with Crippen molar-refractivity contribution in [2.45, 2.75) is 131 Å². The molecule has 0 saturated carbocycles. The molecular formula is C80H81N4OPtSi-3. The number of nitrogens with zero attached hydrogens (tertiary/aromatic N) is 4. The third-order valence-electron chi connectivity index (χ3n) is 17.4. The molecule has 444 valence electrons. The quantitative estimate of drug-likeness (QED) is 0.106. The van der Waals surface area contributed by atoms with Crippen molar-refractivity contribution in [1.82, 2.24) is 4.98 Å². The van der Waals surface area contributed by atoms with Crippen LogP contribution in [0.2, 0.25) is 0 Å². The molecule has 2 aliphatic heterocycles. The number of hydrogen-bond donors (Lipinski definition) is 0. The van der Waals surface area contributed by atoms with E-state index in [1.807, 2.05) is 12.3 Å². The number of para-hydroxylation sites is 3. The van der Waals surface area contributed by atoms with Gasteiger partial charge in [-0.05, 0) is 114 Å². The van der Waals surface area contributed by atoms with E-state index in [1.165, 1.54) is 70.8 Å². The molecule has 87 heavy (non-hydrogen) atoms. The minimum atomic E-state index is -2.99. The third-order valence-corrected chi connectivity index (χ3v) is 22.3. The van der Waals surface area contributed by atoms with Crippen molar-refractivity contribution in [3.8, 4) is 33.8 Å². The fourth-order valence-corrected chi connectivity index (χ4v) is 17.5. The van der Waals surface area contributed by atoms with Crippen LogP contribution in [0.4, 0.5) is 39.9 Å². The van der Waals surface area contributed by atoms with E-state index in [0.29, 0.717) is 11.5 Å². The normalized spacial score (nSPS) is 14.0. The van der Waals surface area contributed by atoms with Gasteiger partial charge in [0.2, 0.25) is 0 Å². The Morgan fingerprint density at radius 2 is 0.897 bits per heavy atom. The Morgan fingerprint density at radius 3 is 1.49 bits per heavy atom. The molecule has 0 amide bonds. The first-order valence-corrected chi connectivity index (χ1v) is 32.5. The van der Waals surface area contributed by atoms with Crippen molar-refractivity contribution in [3.05, 3.63) is 259 Å². The molecule has 0 bridgehead atoms. The molecule has 0 aliphatic carbocycles. The molecule has 7 heteroatoms. The van der Waals surface area contributed by atoms with Crippen molar-refractivity contribution >= 4 is 68.8 Å². The number of aromatic nitrogens is 1. The summed E-state index contributed by atoms with van der Waals surface area (Å²) >= 11 is 0.